The molecule has 2 aromatic heterocycles. The number of hydrogen-bond acceptors (Lipinski definition) is 5. The summed E-state index contributed by atoms with van der Waals surface area (Å²) in [5.41, 5.74) is 2.04. The van der Waals surface area contributed by atoms with Gasteiger partial charge >= 0.3 is 0 Å². The Morgan fingerprint density at radius 3 is 3.14 bits per heavy atom. The van der Waals surface area contributed by atoms with E-state index in [4.69, 9.17) is 0 Å². The van der Waals surface area contributed by atoms with E-state index in [0.717, 1.165) is 41.0 Å². The predicted molar refractivity (Wildman–Crippen MR) is 80.7 cm³/mol. The highest BCUT2D eigenvalue weighted by atomic mass is 32.1. The van der Waals surface area contributed by atoms with Gasteiger partial charge in [-0.1, -0.05) is 23.5 Å². The maximum atomic E-state index is 12.3. The molecule has 0 fully saturated rings. The zero-order chi connectivity index (χ0) is 14.4. The number of nitrogens with one attached hydrogen (secondary N) is 1. The maximum absolute atomic E-state index is 12.3. The molecule has 106 valence electrons. The number of amides is 1. The highest BCUT2D eigenvalue weighted by Gasteiger charge is 2.23. The van der Waals surface area contributed by atoms with Crippen molar-refractivity contribution in [3.8, 4) is 0 Å². The van der Waals surface area contributed by atoms with Crippen LogP contribution in [0.15, 0.2) is 18.2 Å². The van der Waals surface area contributed by atoms with Crippen molar-refractivity contribution < 1.29 is 4.79 Å². The third-order valence-corrected chi connectivity index (χ3v) is 4.59. The Hall–Kier alpha value is -2.28. The second kappa shape index (κ2) is 4.63. The molecule has 1 aliphatic rings. The molecule has 1 aromatic carbocycles. The summed E-state index contributed by atoms with van der Waals surface area (Å²) < 4.78 is 2.95. The SMILES string of the molecule is Cc1cccc2sc(NC(=O)c3nnc4n3CCC4)nc12. The van der Waals surface area contributed by atoms with Crippen LogP contribution >= 0.6 is 11.3 Å². The minimum atomic E-state index is -0.243. The Balaban J connectivity index is 1.65. The molecule has 0 unspecified atom stereocenters. The third-order valence-electron chi connectivity index (χ3n) is 3.65. The van der Waals surface area contributed by atoms with Crippen molar-refractivity contribution in [3.05, 3.63) is 35.4 Å². The third kappa shape index (κ3) is 2.01. The topological polar surface area (TPSA) is 72.7 Å². The van der Waals surface area contributed by atoms with Crippen molar-refractivity contribution in [3.63, 3.8) is 0 Å². The van der Waals surface area contributed by atoms with Crippen molar-refractivity contribution in [2.75, 3.05) is 5.32 Å². The van der Waals surface area contributed by atoms with Crippen LogP contribution in [0.2, 0.25) is 0 Å². The summed E-state index contributed by atoms with van der Waals surface area (Å²) in [5, 5.41) is 11.5. The summed E-state index contributed by atoms with van der Waals surface area (Å²) in [4.78, 5) is 16.8. The van der Waals surface area contributed by atoms with Gasteiger partial charge in [0.05, 0.1) is 10.2 Å². The molecule has 3 aromatic rings. The summed E-state index contributed by atoms with van der Waals surface area (Å²) >= 11 is 1.47. The van der Waals surface area contributed by atoms with Crippen LogP contribution in [0, 0.1) is 6.92 Å². The van der Waals surface area contributed by atoms with Gasteiger partial charge in [-0.2, -0.15) is 0 Å². The van der Waals surface area contributed by atoms with Gasteiger partial charge in [-0.05, 0) is 25.0 Å². The monoisotopic (exact) mass is 299 g/mol. The first-order valence-corrected chi connectivity index (χ1v) is 7.63. The van der Waals surface area contributed by atoms with Crippen molar-refractivity contribution in [2.45, 2.75) is 26.3 Å². The highest BCUT2D eigenvalue weighted by molar-refractivity contribution is 7.22. The van der Waals surface area contributed by atoms with Crippen LogP contribution in [-0.2, 0) is 13.0 Å². The van der Waals surface area contributed by atoms with E-state index in [0.29, 0.717) is 11.0 Å². The lowest BCUT2D eigenvalue weighted by Crippen LogP contribution is -2.17. The van der Waals surface area contributed by atoms with Crippen molar-refractivity contribution in [1.29, 1.82) is 0 Å². The molecule has 4 rings (SSSR count). The van der Waals surface area contributed by atoms with Crippen molar-refractivity contribution in [2.24, 2.45) is 0 Å². The molecule has 0 bridgehead atoms. The summed E-state index contributed by atoms with van der Waals surface area (Å²) in [7, 11) is 0. The van der Waals surface area contributed by atoms with Crippen LogP contribution in [-0.4, -0.2) is 25.7 Å². The molecular weight excluding hydrogens is 286 g/mol. The summed E-state index contributed by atoms with van der Waals surface area (Å²) in [5.74, 6) is 1.02. The number of fused-ring (bicyclic) bond motifs is 2. The fourth-order valence-corrected chi connectivity index (χ4v) is 3.55. The number of rotatable bonds is 2. The lowest BCUT2D eigenvalue weighted by atomic mass is 10.2. The Labute approximate surface area is 124 Å². The molecule has 0 spiro atoms. The fraction of sp³-hybridized carbons (Fsp3) is 0.286. The number of carbonyl (C=O) groups excluding carboxylic acids is 1. The van der Waals surface area contributed by atoms with E-state index >= 15 is 0 Å². The zero-order valence-electron chi connectivity index (χ0n) is 11.5. The van der Waals surface area contributed by atoms with E-state index in [-0.39, 0.29) is 5.91 Å². The normalized spacial score (nSPS) is 13.6. The molecule has 0 radical (unpaired) electrons. The number of anilines is 1. The Morgan fingerprint density at radius 1 is 1.38 bits per heavy atom. The van der Waals surface area contributed by atoms with Gasteiger partial charge in [0.2, 0.25) is 5.82 Å². The average molecular weight is 299 g/mol. The Morgan fingerprint density at radius 2 is 2.29 bits per heavy atom. The number of hydrogen-bond donors (Lipinski definition) is 1. The molecule has 1 aliphatic heterocycles. The Bertz CT molecular complexity index is 850. The van der Waals surface area contributed by atoms with Crippen molar-refractivity contribution >= 4 is 32.6 Å². The van der Waals surface area contributed by atoms with Gasteiger partial charge in [0.15, 0.2) is 5.13 Å². The quantitative estimate of drug-likeness (QED) is 0.788. The minimum absolute atomic E-state index is 0.243. The van der Waals surface area contributed by atoms with E-state index < -0.39 is 0 Å². The van der Waals surface area contributed by atoms with Crippen LogP contribution in [0.4, 0.5) is 5.13 Å². The molecular formula is C14H13N5OS. The van der Waals surface area contributed by atoms with Gasteiger partial charge in [0.1, 0.15) is 5.82 Å². The molecule has 1 amide bonds. The molecule has 0 atom stereocenters. The minimum Gasteiger partial charge on any atom is -0.307 e. The van der Waals surface area contributed by atoms with Gasteiger partial charge in [-0.25, -0.2) is 4.98 Å². The first kappa shape index (κ1) is 12.5. The van der Waals surface area contributed by atoms with Gasteiger partial charge < -0.3 is 4.57 Å². The molecule has 6 nitrogen and oxygen atoms in total. The standard InChI is InChI=1S/C14H13N5OS/c1-8-4-2-5-9-11(8)15-14(21-9)16-13(20)12-18-17-10-6-3-7-19(10)12/h2,4-5H,3,6-7H2,1H3,(H,15,16,20). The maximum Gasteiger partial charge on any atom is 0.295 e. The zero-order valence-corrected chi connectivity index (χ0v) is 12.3. The predicted octanol–water partition coefficient (Wildman–Crippen LogP) is 2.39. The average Bonchev–Trinajstić information content (AvgIpc) is 3.11. The van der Waals surface area contributed by atoms with E-state index in [9.17, 15) is 4.79 Å². The smallest absolute Gasteiger partial charge is 0.295 e. The van der Waals surface area contributed by atoms with Gasteiger partial charge in [-0.15, -0.1) is 10.2 Å². The molecule has 0 saturated heterocycles. The first-order valence-electron chi connectivity index (χ1n) is 6.82. The van der Waals surface area contributed by atoms with E-state index in [1.165, 1.54) is 11.3 Å². The number of carbonyl (C=O) groups is 1. The molecule has 1 N–H and O–H groups in total. The second-order valence-corrected chi connectivity index (χ2v) is 6.12. The number of thiazole rings is 1. The van der Waals surface area contributed by atoms with Crippen LogP contribution in [0.25, 0.3) is 10.2 Å². The Kier molecular flexibility index (Phi) is 2.75. The first-order chi connectivity index (χ1) is 10.2. The molecule has 3 heterocycles. The molecule has 7 heteroatoms. The van der Waals surface area contributed by atoms with Gasteiger partial charge in [-0.3, -0.25) is 10.1 Å². The lowest BCUT2D eigenvalue weighted by molar-refractivity contribution is 0.101. The second-order valence-electron chi connectivity index (χ2n) is 5.09. The molecule has 0 aliphatic carbocycles. The van der Waals surface area contributed by atoms with Crippen LogP contribution < -0.4 is 5.32 Å². The summed E-state index contributed by atoms with van der Waals surface area (Å²) in [6.07, 6.45) is 1.91. The van der Waals surface area contributed by atoms with E-state index in [1.807, 2.05) is 29.7 Å². The molecule has 0 saturated carbocycles. The number of aryl methyl sites for hydroxylation is 2. The van der Waals surface area contributed by atoms with Gasteiger partial charge in [0, 0.05) is 13.0 Å². The van der Waals surface area contributed by atoms with Crippen LogP contribution in [0.5, 0.6) is 0 Å². The lowest BCUT2D eigenvalue weighted by Gasteiger charge is -2.01. The van der Waals surface area contributed by atoms with E-state index in [1.54, 1.807) is 0 Å². The van der Waals surface area contributed by atoms with Crippen molar-refractivity contribution in [1.82, 2.24) is 19.7 Å². The number of benzene rings is 1. The van der Waals surface area contributed by atoms with Crippen LogP contribution in [0.3, 0.4) is 0 Å². The van der Waals surface area contributed by atoms with Gasteiger partial charge in [0.25, 0.3) is 5.91 Å². The largest absolute Gasteiger partial charge is 0.307 e. The summed E-state index contributed by atoms with van der Waals surface area (Å²) in [6.45, 7) is 2.82. The van der Waals surface area contributed by atoms with E-state index in [2.05, 4.69) is 20.5 Å². The summed E-state index contributed by atoms with van der Waals surface area (Å²) in [6, 6.07) is 6.01. The number of aromatic nitrogens is 4. The number of nitrogens with zero attached hydrogens (tertiary/aromatic N) is 4. The number of para-hydroxylation sites is 1. The fourth-order valence-electron chi connectivity index (χ4n) is 2.61. The molecule has 21 heavy (non-hydrogen) atoms. The van der Waals surface area contributed by atoms with Crippen LogP contribution in [0.1, 0.15) is 28.4 Å². The highest BCUT2D eigenvalue weighted by Crippen LogP contribution is 2.28.